The third kappa shape index (κ3) is 5.99. The summed E-state index contributed by atoms with van der Waals surface area (Å²) in [5.74, 6) is 1.23. The van der Waals surface area contributed by atoms with Gasteiger partial charge in [-0.15, -0.1) is 0 Å². The van der Waals surface area contributed by atoms with Crippen LogP contribution in [0, 0.1) is 0 Å². The number of thiazole rings is 1. The molecule has 3 aromatic rings. The Morgan fingerprint density at radius 1 is 1.18 bits per heavy atom. The molecule has 2 aromatic carbocycles. The van der Waals surface area contributed by atoms with Crippen LogP contribution >= 0.6 is 22.9 Å². The fraction of sp³-hybridized carbons (Fsp3) is 0.440. The molecule has 0 N–H and O–H groups in total. The van der Waals surface area contributed by atoms with Gasteiger partial charge in [0.05, 0.1) is 30.0 Å². The fourth-order valence-corrected chi connectivity index (χ4v) is 4.93. The van der Waals surface area contributed by atoms with Gasteiger partial charge in [-0.05, 0) is 63.2 Å². The second-order valence-corrected chi connectivity index (χ2v) is 9.98. The Balaban J connectivity index is 1.60. The van der Waals surface area contributed by atoms with Crippen LogP contribution in [0.2, 0.25) is 5.02 Å². The summed E-state index contributed by atoms with van der Waals surface area (Å²) >= 11 is 7.48. The van der Waals surface area contributed by atoms with Crippen molar-refractivity contribution in [3.05, 3.63) is 47.5 Å². The molecule has 1 aromatic heterocycles. The van der Waals surface area contributed by atoms with E-state index in [1.54, 1.807) is 43.0 Å². The zero-order chi connectivity index (χ0) is 24.1. The van der Waals surface area contributed by atoms with Crippen LogP contribution < -0.4 is 14.4 Å². The lowest BCUT2D eigenvalue weighted by Gasteiger charge is -2.33. The van der Waals surface area contributed by atoms with E-state index in [1.807, 2.05) is 25.1 Å². The van der Waals surface area contributed by atoms with Crippen molar-refractivity contribution >= 4 is 44.2 Å². The van der Waals surface area contributed by atoms with Gasteiger partial charge in [0.25, 0.3) is 5.91 Å². The predicted molar refractivity (Wildman–Crippen MR) is 137 cm³/mol. The van der Waals surface area contributed by atoms with Crippen molar-refractivity contribution in [2.75, 3.05) is 50.9 Å². The van der Waals surface area contributed by atoms with Crippen molar-refractivity contribution < 1.29 is 19.0 Å². The van der Waals surface area contributed by atoms with E-state index in [-0.39, 0.29) is 5.91 Å². The summed E-state index contributed by atoms with van der Waals surface area (Å²) in [4.78, 5) is 22.7. The molecule has 0 atom stereocenters. The molecule has 0 aliphatic carbocycles. The molecule has 0 spiro atoms. The number of hydrogen-bond donors (Lipinski definition) is 0. The number of morpholine rings is 1. The van der Waals surface area contributed by atoms with Gasteiger partial charge in [0.15, 0.2) is 10.7 Å². The third-order valence-electron chi connectivity index (χ3n) is 5.58. The van der Waals surface area contributed by atoms with Gasteiger partial charge in [0, 0.05) is 31.2 Å². The maximum Gasteiger partial charge on any atom is 0.272 e. The first-order valence-electron chi connectivity index (χ1n) is 11.5. The van der Waals surface area contributed by atoms with Crippen molar-refractivity contribution in [1.29, 1.82) is 0 Å². The lowest BCUT2D eigenvalue weighted by Crippen LogP contribution is -2.51. The van der Waals surface area contributed by atoms with Crippen LogP contribution in [0.3, 0.4) is 0 Å². The van der Waals surface area contributed by atoms with E-state index in [9.17, 15) is 4.79 Å². The Bertz CT molecular complexity index is 1110. The molecule has 4 rings (SSSR count). The number of hydrogen-bond acceptors (Lipinski definition) is 7. The Hall–Kier alpha value is -2.39. The van der Waals surface area contributed by atoms with E-state index in [2.05, 4.69) is 4.90 Å². The number of rotatable bonds is 9. The lowest BCUT2D eigenvalue weighted by molar-refractivity contribution is -0.131. The van der Waals surface area contributed by atoms with Gasteiger partial charge >= 0.3 is 0 Å². The molecule has 1 aliphatic heterocycles. The number of fused-ring (bicyclic) bond motifs is 1. The van der Waals surface area contributed by atoms with Gasteiger partial charge in [0.1, 0.15) is 11.5 Å². The average Bonchev–Trinajstić information content (AvgIpc) is 3.24. The van der Waals surface area contributed by atoms with E-state index in [4.69, 9.17) is 30.8 Å². The smallest absolute Gasteiger partial charge is 0.272 e. The molecule has 34 heavy (non-hydrogen) atoms. The van der Waals surface area contributed by atoms with E-state index < -0.39 is 5.60 Å². The summed E-state index contributed by atoms with van der Waals surface area (Å²) < 4.78 is 18.2. The molecule has 0 radical (unpaired) electrons. The minimum absolute atomic E-state index is 0.153. The van der Waals surface area contributed by atoms with Crippen LogP contribution in [-0.4, -0.2) is 67.4 Å². The fourth-order valence-electron chi connectivity index (χ4n) is 3.78. The number of anilines is 1. The number of carbonyl (C=O) groups excluding carboxylic acids is 1. The molecule has 1 aliphatic rings. The topological polar surface area (TPSA) is 64.1 Å². The van der Waals surface area contributed by atoms with E-state index >= 15 is 0 Å². The summed E-state index contributed by atoms with van der Waals surface area (Å²) in [6.07, 6.45) is 0. The van der Waals surface area contributed by atoms with Crippen LogP contribution in [0.15, 0.2) is 42.5 Å². The largest absolute Gasteiger partial charge is 0.494 e. The van der Waals surface area contributed by atoms with Crippen molar-refractivity contribution in [2.45, 2.75) is 26.4 Å². The highest BCUT2D eigenvalue weighted by atomic mass is 35.5. The Kier molecular flexibility index (Phi) is 7.93. The van der Waals surface area contributed by atoms with Crippen molar-refractivity contribution in [2.24, 2.45) is 0 Å². The maximum atomic E-state index is 13.8. The summed E-state index contributed by atoms with van der Waals surface area (Å²) in [6, 6.07) is 12.8. The van der Waals surface area contributed by atoms with Gasteiger partial charge in [0.2, 0.25) is 0 Å². The Morgan fingerprint density at radius 2 is 1.88 bits per heavy atom. The number of carbonyl (C=O) groups is 1. The maximum absolute atomic E-state index is 13.8. The highest BCUT2D eigenvalue weighted by Gasteiger charge is 2.36. The second kappa shape index (κ2) is 10.9. The quantitative estimate of drug-likeness (QED) is 0.415. The summed E-state index contributed by atoms with van der Waals surface area (Å²) in [6.45, 7) is 10.5. The van der Waals surface area contributed by atoms with Gasteiger partial charge in [-0.2, -0.15) is 0 Å². The van der Waals surface area contributed by atoms with E-state index in [0.29, 0.717) is 42.3 Å². The van der Waals surface area contributed by atoms with E-state index in [0.717, 1.165) is 35.6 Å². The average molecular weight is 504 g/mol. The van der Waals surface area contributed by atoms with Gasteiger partial charge in [-0.3, -0.25) is 14.6 Å². The molecule has 1 fully saturated rings. The molecule has 0 bridgehead atoms. The van der Waals surface area contributed by atoms with Crippen LogP contribution in [0.5, 0.6) is 11.5 Å². The first-order chi connectivity index (χ1) is 16.4. The Morgan fingerprint density at radius 3 is 2.59 bits per heavy atom. The molecule has 7 nitrogen and oxygen atoms in total. The highest BCUT2D eigenvalue weighted by molar-refractivity contribution is 7.22. The first-order valence-corrected chi connectivity index (χ1v) is 12.7. The number of halogens is 1. The number of ether oxygens (including phenoxy) is 3. The predicted octanol–water partition coefficient (Wildman–Crippen LogP) is 4.87. The summed E-state index contributed by atoms with van der Waals surface area (Å²) in [5, 5.41) is 1.26. The first kappa shape index (κ1) is 24.7. The van der Waals surface area contributed by atoms with E-state index in [1.165, 1.54) is 11.3 Å². The number of amides is 1. The molecule has 182 valence electrons. The van der Waals surface area contributed by atoms with Crippen LogP contribution in [0.4, 0.5) is 5.13 Å². The van der Waals surface area contributed by atoms with Crippen LogP contribution in [-0.2, 0) is 9.53 Å². The zero-order valence-corrected chi connectivity index (χ0v) is 21.3. The molecule has 9 heteroatoms. The third-order valence-corrected chi connectivity index (χ3v) is 6.87. The number of nitrogens with zero attached hydrogens (tertiary/aromatic N) is 3. The number of aromatic nitrogens is 1. The molecule has 1 amide bonds. The minimum atomic E-state index is -1.10. The van der Waals surface area contributed by atoms with Crippen LogP contribution in [0.1, 0.15) is 20.8 Å². The van der Waals surface area contributed by atoms with Crippen molar-refractivity contribution in [3.63, 3.8) is 0 Å². The lowest BCUT2D eigenvalue weighted by atomic mass is 10.1. The highest BCUT2D eigenvalue weighted by Crippen LogP contribution is 2.33. The second-order valence-electron chi connectivity index (χ2n) is 8.54. The standard InChI is InChI=1S/C25H30ClN3O4S/c1-4-32-20-9-10-21-22(17-20)34-24(27-21)29(12-11-28-13-15-31-16-14-28)23(30)25(2,3)33-19-7-5-18(26)6-8-19/h5-10,17H,4,11-16H2,1-3H3. The molecule has 1 saturated heterocycles. The molecular formula is C25H30ClN3O4S. The molecule has 2 heterocycles. The summed E-state index contributed by atoms with van der Waals surface area (Å²) in [7, 11) is 0. The van der Waals surface area contributed by atoms with Gasteiger partial charge < -0.3 is 14.2 Å². The molecular weight excluding hydrogens is 474 g/mol. The van der Waals surface area contributed by atoms with Gasteiger partial charge in [-0.1, -0.05) is 22.9 Å². The molecule has 0 saturated carbocycles. The van der Waals surface area contributed by atoms with Crippen molar-refractivity contribution in [3.8, 4) is 11.5 Å². The number of benzene rings is 2. The molecule has 0 unspecified atom stereocenters. The van der Waals surface area contributed by atoms with Crippen molar-refractivity contribution in [1.82, 2.24) is 9.88 Å². The van der Waals surface area contributed by atoms with Gasteiger partial charge in [-0.25, -0.2) is 4.98 Å². The summed E-state index contributed by atoms with van der Waals surface area (Å²) in [5.41, 5.74) is -0.267. The van der Waals surface area contributed by atoms with Crippen LogP contribution in [0.25, 0.3) is 10.2 Å². The normalized spacial score (nSPS) is 14.8. The zero-order valence-electron chi connectivity index (χ0n) is 19.8. The SMILES string of the molecule is CCOc1ccc2nc(N(CCN3CCOCC3)C(=O)C(C)(C)Oc3ccc(Cl)cc3)sc2c1. The monoisotopic (exact) mass is 503 g/mol. The minimum Gasteiger partial charge on any atom is -0.494 e. The Labute approximate surface area is 209 Å².